The third-order valence-corrected chi connectivity index (χ3v) is 5.98. The second-order valence-corrected chi connectivity index (χ2v) is 8.29. The monoisotopic (exact) mass is 413 g/mol. The molecule has 0 bridgehead atoms. The number of anilines is 1. The Morgan fingerprint density at radius 2 is 1.65 bits per heavy atom. The van der Waals surface area contributed by atoms with E-state index in [-0.39, 0.29) is 5.91 Å². The minimum absolute atomic E-state index is 0.000754. The van der Waals surface area contributed by atoms with Gasteiger partial charge in [-0.15, -0.1) is 0 Å². The molecule has 0 spiro atoms. The van der Waals surface area contributed by atoms with Crippen LogP contribution in [-0.4, -0.2) is 37.5 Å². The average molecular weight is 414 g/mol. The predicted molar refractivity (Wildman–Crippen MR) is 127 cm³/mol. The van der Waals surface area contributed by atoms with Gasteiger partial charge >= 0.3 is 0 Å². The molecule has 0 fully saturated rings. The number of amides is 1. The molecule has 0 radical (unpaired) electrons. The zero-order chi connectivity index (χ0) is 21.5. The van der Waals surface area contributed by atoms with E-state index < -0.39 is 0 Å². The first-order valence-electron chi connectivity index (χ1n) is 11.1. The van der Waals surface area contributed by atoms with Crippen LogP contribution < -0.4 is 10.2 Å². The van der Waals surface area contributed by atoms with Gasteiger partial charge in [-0.2, -0.15) is 0 Å². The van der Waals surface area contributed by atoms with Crippen LogP contribution in [0.25, 0.3) is 0 Å². The van der Waals surface area contributed by atoms with Crippen LogP contribution in [0.15, 0.2) is 78.9 Å². The van der Waals surface area contributed by atoms with E-state index in [1.54, 1.807) is 0 Å². The molecule has 0 unspecified atom stereocenters. The molecule has 0 aromatic heterocycles. The van der Waals surface area contributed by atoms with Crippen LogP contribution in [0.3, 0.4) is 0 Å². The third-order valence-electron chi connectivity index (χ3n) is 5.98. The van der Waals surface area contributed by atoms with Crippen molar-refractivity contribution in [3.63, 3.8) is 0 Å². The third kappa shape index (κ3) is 5.74. The Morgan fingerprint density at radius 1 is 0.935 bits per heavy atom. The van der Waals surface area contributed by atoms with Gasteiger partial charge in [0, 0.05) is 51.0 Å². The zero-order valence-electron chi connectivity index (χ0n) is 18.3. The molecule has 1 amide bonds. The van der Waals surface area contributed by atoms with E-state index in [9.17, 15) is 4.79 Å². The molecule has 0 saturated heterocycles. The van der Waals surface area contributed by atoms with Crippen molar-refractivity contribution in [3.05, 3.63) is 101 Å². The molecule has 0 saturated carbocycles. The highest BCUT2D eigenvalue weighted by atomic mass is 16.1. The Morgan fingerprint density at radius 3 is 2.42 bits per heavy atom. The first kappa shape index (κ1) is 21.1. The Labute approximate surface area is 185 Å². The van der Waals surface area contributed by atoms with E-state index in [1.165, 1.54) is 22.4 Å². The van der Waals surface area contributed by atoms with Gasteiger partial charge in [-0.25, -0.2) is 0 Å². The van der Waals surface area contributed by atoms with Crippen molar-refractivity contribution in [2.45, 2.75) is 25.9 Å². The van der Waals surface area contributed by atoms with E-state index >= 15 is 0 Å². The topological polar surface area (TPSA) is 35.6 Å². The fourth-order valence-electron chi connectivity index (χ4n) is 4.14. The Balaban J connectivity index is 1.21. The van der Waals surface area contributed by atoms with E-state index in [2.05, 4.69) is 70.7 Å². The van der Waals surface area contributed by atoms with Gasteiger partial charge in [0.25, 0.3) is 5.91 Å². The molecule has 3 aromatic carbocycles. The smallest absolute Gasteiger partial charge is 0.251 e. The molecule has 1 aliphatic rings. The quantitative estimate of drug-likeness (QED) is 0.552. The maximum Gasteiger partial charge on any atom is 0.251 e. The summed E-state index contributed by atoms with van der Waals surface area (Å²) in [6.45, 7) is 4.57. The Hall–Kier alpha value is -3.11. The van der Waals surface area contributed by atoms with Gasteiger partial charge in [-0.1, -0.05) is 54.6 Å². The molecule has 4 heteroatoms. The van der Waals surface area contributed by atoms with Crippen LogP contribution in [0.1, 0.15) is 33.5 Å². The number of carbonyl (C=O) groups excluding carboxylic acids is 1. The van der Waals surface area contributed by atoms with Gasteiger partial charge in [-0.05, 0) is 53.8 Å². The van der Waals surface area contributed by atoms with Crippen LogP contribution in [-0.2, 0) is 19.5 Å². The number of benzene rings is 3. The van der Waals surface area contributed by atoms with Gasteiger partial charge in [0.05, 0.1) is 0 Å². The number of nitrogens with one attached hydrogen (secondary N) is 1. The largest absolute Gasteiger partial charge is 0.375 e. The average Bonchev–Trinajstić information content (AvgIpc) is 2.82. The molecular formula is C27H31N3O. The lowest BCUT2D eigenvalue weighted by molar-refractivity contribution is 0.0953. The summed E-state index contributed by atoms with van der Waals surface area (Å²) < 4.78 is 0. The summed E-state index contributed by atoms with van der Waals surface area (Å²) in [6.07, 6.45) is 2.02. The Kier molecular flexibility index (Phi) is 7.00. The number of carbonyl (C=O) groups is 1. The van der Waals surface area contributed by atoms with Crippen molar-refractivity contribution >= 4 is 11.6 Å². The summed E-state index contributed by atoms with van der Waals surface area (Å²) in [5, 5.41) is 3.04. The summed E-state index contributed by atoms with van der Waals surface area (Å²) in [7, 11) is 2.08. The summed E-state index contributed by atoms with van der Waals surface area (Å²) in [5.41, 5.74) is 6.08. The van der Waals surface area contributed by atoms with Crippen molar-refractivity contribution in [2.24, 2.45) is 0 Å². The van der Waals surface area contributed by atoms with Crippen molar-refractivity contribution in [3.8, 4) is 0 Å². The van der Waals surface area contributed by atoms with Gasteiger partial charge in [0.1, 0.15) is 0 Å². The molecule has 4 rings (SSSR count). The van der Waals surface area contributed by atoms with Crippen molar-refractivity contribution < 1.29 is 4.79 Å². The van der Waals surface area contributed by atoms with Crippen LogP contribution in [0.4, 0.5) is 5.69 Å². The molecule has 1 aliphatic heterocycles. The fraction of sp³-hybridized carbons (Fsp3) is 0.296. The van der Waals surface area contributed by atoms with Crippen LogP contribution in [0.2, 0.25) is 0 Å². The SMILES string of the molecule is CN(CCCNC(=O)c1ccc(CN2CCc3ccccc3C2)cc1)c1ccccc1. The van der Waals surface area contributed by atoms with E-state index in [1.807, 2.05) is 30.3 Å². The number of rotatable bonds is 8. The normalized spacial score (nSPS) is 13.5. The van der Waals surface area contributed by atoms with E-state index in [0.717, 1.165) is 44.6 Å². The maximum atomic E-state index is 12.5. The molecule has 160 valence electrons. The van der Waals surface area contributed by atoms with Crippen molar-refractivity contribution in [1.82, 2.24) is 10.2 Å². The highest BCUT2D eigenvalue weighted by molar-refractivity contribution is 5.94. The molecule has 31 heavy (non-hydrogen) atoms. The fourth-order valence-corrected chi connectivity index (χ4v) is 4.14. The minimum Gasteiger partial charge on any atom is -0.375 e. The van der Waals surface area contributed by atoms with Crippen molar-refractivity contribution in [1.29, 1.82) is 0 Å². The summed E-state index contributed by atoms with van der Waals surface area (Å²) in [4.78, 5) is 17.1. The van der Waals surface area contributed by atoms with Gasteiger partial charge in [0.15, 0.2) is 0 Å². The highest BCUT2D eigenvalue weighted by Crippen LogP contribution is 2.20. The molecule has 1 heterocycles. The van der Waals surface area contributed by atoms with Gasteiger partial charge in [0.2, 0.25) is 0 Å². The molecule has 0 aliphatic carbocycles. The predicted octanol–water partition coefficient (Wildman–Crippen LogP) is 4.50. The van der Waals surface area contributed by atoms with Crippen molar-refractivity contribution in [2.75, 3.05) is 31.6 Å². The molecule has 3 aromatic rings. The Bertz CT molecular complexity index is 985. The van der Waals surface area contributed by atoms with Crippen LogP contribution >= 0.6 is 0 Å². The number of nitrogens with zero attached hydrogens (tertiary/aromatic N) is 2. The number of hydrogen-bond donors (Lipinski definition) is 1. The lowest BCUT2D eigenvalue weighted by Crippen LogP contribution is -2.30. The first-order chi connectivity index (χ1) is 15.2. The second-order valence-electron chi connectivity index (χ2n) is 8.29. The number of hydrogen-bond acceptors (Lipinski definition) is 3. The molecule has 0 atom stereocenters. The number of para-hydroxylation sites is 1. The summed E-state index contributed by atoms with van der Waals surface area (Å²) >= 11 is 0. The molecule has 1 N–H and O–H groups in total. The minimum atomic E-state index is 0.000754. The number of fused-ring (bicyclic) bond motifs is 1. The highest BCUT2D eigenvalue weighted by Gasteiger charge is 2.16. The second kappa shape index (κ2) is 10.3. The lowest BCUT2D eigenvalue weighted by atomic mass is 9.99. The maximum absolute atomic E-state index is 12.5. The first-order valence-corrected chi connectivity index (χ1v) is 11.1. The zero-order valence-corrected chi connectivity index (χ0v) is 18.3. The summed E-state index contributed by atoms with van der Waals surface area (Å²) in [5.74, 6) is 0.000754. The molecule has 4 nitrogen and oxygen atoms in total. The standard InChI is InChI=1S/C27H31N3O/c1-29(26-10-3-2-4-11-26)18-7-17-28-27(31)24-14-12-22(13-15-24)20-30-19-16-23-8-5-6-9-25(23)21-30/h2-6,8-15H,7,16-21H2,1H3,(H,28,31). The van der Waals surface area contributed by atoms with Gasteiger partial charge < -0.3 is 10.2 Å². The van der Waals surface area contributed by atoms with E-state index in [4.69, 9.17) is 0 Å². The summed E-state index contributed by atoms with van der Waals surface area (Å²) in [6, 6.07) is 27.1. The van der Waals surface area contributed by atoms with Crippen LogP contribution in [0.5, 0.6) is 0 Å². The van der Waals surface area contributed by atoms with Crippen LogP contribution in [0, 0.1) is 0 Å². The van der Waals surface area contributed by atoms with Gasteiger partial charge in [-0.3, -0.25) is 9.69 Å². The lowest BCUT2D eigenvalue weighted by Gasteiger charge is -2.28. The molecular weight excluding hydrogens is 382 g/mol. The van der Waals surface area contributed by atoms with E-state index in [0.29, 0.717) is 6.54 Å².